The van der Waals surface area contributed by atoms with Crippen molar-refractivity contribution >= 4 is 33.0 Å². The molecule has 0 amide bonds. The van der Waals surface area contributed by atoms with Crippen molar-refractivity contribution in [2.75, 3.05) is 11.5 Å². The highest BCUT2D eigenvalue weighted by molar-refractivity contribution is 9.10. The van der Waals surface area contributed by atoms with E-state index in [-0.39, 0.29) is 5.69 Å². The number of rotatable bonds is 2. The molecule has 0 saturated carbocycles. The summed E-state index contributed by atoms with van der Waals surface area (Å²) in [4.78, 5) is 10.9. The molecule has 0 radical (unpaired) electrons. The van der Waals surface area contributed by atoms with Crippen molar-refractivity contribution in [1.29, 1.82) is 0 Å². The van der Waals surface area contributed by atoms with Gasteiger partial charge in [-0.3, -0.25) is 0 Å². The number of nitrogens with two attached hydrogens (primary N) is 2. The normalized spacial score (nSPS) is 10.2. The molecule has 0 heterocycles. The molecule has 0 atom stereocenters. The molecule has 0 aromatic heterocycles. The monoisotopic (exact) mass is 291 g/mol. The Morgan fingerprint density at radius 1 is 1.00 bits per heavy atom. The van der Waals surface area contributed by atoms with Gasteiger partial charge in [0, 0.05) is 21.3 Å². The van der Waals surface area contributed by atoms with Crippen LogP contribution in [0.1, 0.15) is 0 Å². The first-order chi connectivity index (χ1) is 8.15. The first-order valence-electron chi connectivity index (χ1n) is 4.91. The Labute approximate surface area is 107 Å². The predicted octanol–water partition coefficient (Wildman–Crippen LogP) is 3.68. The van der Waals surface area contributed by atoms with Gasteiger partial charge in [0.15, 0.2) is 0 Å². The summed E-state index contributed by atoms with van der Waals surface area (Å²) in [5.74, 6) is 0. The summed E-state index contributed by atoms with van der Waals surface area (Å²) in [6.45, 7) is 0. The lowest BCUT2D eigenvalue weighted by molar-refractivity contribution is 1.47. The van der Waals surface area contributed by atoms with E-state index in [2.05, 4.69) is 21.1 Å². The Kier molecular flexibility index (Phi) is 3.10. The maximum absolute atomic E-state index is 10.9. The Morgan fingerprint density at radius 3 is 2.35 bits per heavy atom. The third kappa shape index (κ3) is 2.01. The molecule has 0 aliphatic heterocycles. The molecule has 0 fully saturated rings. The Hall–Kier alpha value is -1.88. The number of hydrogen-bond acceptors (Lipinski definition) is 4. The van der Waals surface area contributed by atoms with Gasteiger partial charge in [0.1, 0.15) is 5.69 Å². The highest BCUT2D eigenvalue weighted by Gasteiger charge is 2.13. The van der Waals surface area contributed by atoms with Crippen LogP contribution >= 0.6 is 15.9 Å². The second kappa shape index (κ2) is 4.55. The molecule has 0 aliphatic rings. The number of anilines is 2. The van der Waals surface area contributed by atoms with Gasteiger partial charge in [-0.15, -0.1) is 4.91 Å². The van der Waals surface area contributed by atoms with Crippen LogP contribution in [0.2, 0.25) is 0 Å². The minimum absolute atomic E-state index is 0.206. The minimum atomic E-state index is 0.206. The molecule has 0 saturated heterocycles. The Morgan fingerprint density at radius 2 is 1.71 bits per heavy atom. The molecule has 2 aromatic rings. The highest BCUT2D eigenvalue weighted by atomic mass is 79.9. The molecule has 0 aliphatic carbocycles. The van der Waals surface area contributed by atoms with Gasteiger partial charge < -0.3 is 11.5 Å². The van der Waals surface area contributed by atoms with Gasteiger partial charge in [0.2, 0.25) is 0 Å². The van der Waals surface area contributed by atoms with Crippen molar-refractivity contribution in [3.63, 3.8) is 0 Å². The van der Waals surface area contributed by atoms with Crippen LogP contribution in [-0.2, 0) is 0 Å². The van der Waals surface area contributed by atoms with Crippen molar-refractivity contribution in [2.45, 2.75) is 0 Å². The fraction of sp³-hybridized carbons (Fsp3) is 0. The van der Waals surface area contributed by atoms with Crippen LogP contribution < -0.4 is 11.5 Å². The second-order valence-corrected chi connectivity index (χ2v) is 4.39. The summed E-state index contributed by atoms with van der Waals surface area (Å²) in [6, 6.07) is 10.8. The Balaban J connectivity index is 2.73. The van der Waals surface area contributed by atoms with Crippen molar-refractivity contribution in [1.82, 2.24) is 0 Å². The maximum Gasteiger partial charge on any atom is 0.139 e. The van der Waals surface area contributed by atoms with E-state index in [4.69, 9.17) is 11.5 Å². The van der Waals surface area contributed by atoms with Gasteiger partial charge in [-0.1, -0.05) is 24.3 Å². The molecule has 2 aromatic carbocycles. The molecule has 4 nitrogen and oxygen atoms in total. The van der Waals surface area contributed by atoms with Gasteiger partial charge in [-0.2, -0.15) is 0 Å². The number of hydrogen-bond donors (Lipinski definition) is 2. The molecule has 0 bridgehead atoms. The van der Waals surface area contributed by atoms with Crippen LogP contribution in [0, 0.1) is 4.91 Å². The molecule has 17 heavy (non-hydrogen) atoms. The Bertz CT molecular complexity index is 584. The first kappa shape index (κ1) is 11.6. The zero-order valence-corrected chi connectivity index (χ0v) is 10.4. The SMILES string of the molecule is Nc1ccccc1-c1ccc(Br)c(N)c1N=O. The molecule has 86 valence electrons. The topological polar surface area (TPSA) is 81.5 Å². The lowest BCUT2D eigenvalue weighted by atomic mass is 10.0. The van der Waals surface area contributed by atoms with E-state index < -0.39 is 0 Å². The zero-order chi connectivity index (χ0) is 12.4. The van der Waals surface area contributed by atoms with E-state index >= 15 is 0 Å². The van der Waals surface area contributed by atoms with Crippen molar-refractivity contribution in [3.8, 4) is 11.1 Å². The van der Waals surface area contributed by atoms with Gasteiger partial charge in [-0.05, 0) is 33.2 Å². The van der Waals surface area contributed by atoms with Crippen LogP contribution in [0.5, 0.6) is 0 Å². The first-order valence-corrected chi connectivity index (χ1v) is 5.70. The lowest BCUT2D eigenvalue weighted by Crippen LogP contribution is -1.93. The fourth-order valence-electron chi connectivity index (χ4n) is 1.64. The highest BCUT2D eigenvalue weighted by Crippen LogP contribution is 2.40. The lowest BCUT2D eigenvalue weighted by Gasteiger charge is -2.10. The van der Waals surface area contributed by atoms with Gasteiger partial charge >= 0.3 is 0 Å². The number of nitroso groups, excluding NO2 is 1. The number of halogens is 1. The maximum atomic E-state index is 10.9. The smallest absolute Gasteiger partial charge is 0.139 e. The summed E-state index contributed by atoms with van der Waals surface area (Å²) >= 11 is 3.26. The number of nitrogens with zero attached hydrogens (tertiary/aromatic N) is 1. The quantitative estimate of drug-likeness (QED) is 0.654. The van der Waals surface area contributed by atoms with Crippen molar-refractivity contribution in [2.24, 2.45) is 5.18 Å². The van der Waals surface area contributed by atoms with Gasteiger partial charge in [0.25, 0.3) is 0 Å². The fourth-order valence-corrected chi connectivity index (χ4v) is 1.96. The molecule has 0 unspecified atom stereocenters. The van der Waals surface area contributed by atoms with E-state index in [1.165, 1.54) is 0 Å². The second-order valence-electron chi connectivity index (χ2n) is 3.54. The van der Waals surface area contributed by atoms with E-state index in [9.17, 15) is 4.91 Å². The number of nitrogen functional groups attached to an aromatic ring is 2. The average molecular weight is 292 g/mol. The van der Waals surface area contributed by atoms with Crippen LogP contribution in [-0.4, -0.2) is 0 Å². The molecule has 5 heteroatoms. The largest absolute Gasteiger partial charge is 0.398 e. The third-order valence-corrected chi connectivity index (χ3v) is 3.20. The van der Waals surface area contributed by atoms with E-state index in [0.717, 1.165) is 5.56 Å². The summed E-state index contributed by atoms with van der Waals surface area (Å²) in [5.41, 5.74) is 14.2. The number of para-hydroxylation sites is 1. The van der Waals surface area contributed by atoms with E-state index in [0.29, 0.717) is 21.4 Å². The van der Waals surface area contributed by atoms with Crippen LogP contribution in [0.25, 0.3) is 11.1 Å². The van der Waals surface area contributed by atoms with Crippen LogP contribution in [0.15, 0.2) is 46.0 Å². The standard InChI is InChI=1S/C12H10BrN3O/c13-9-6-5-8(12(16-17)11(9)15)7-3-1-2-4-10(7)14/h1-6H,14-15H2. The molecule has 4 N–H and O–H groups in total. The van der Waals surface area contributed by atoms with E-state index in [1.54, 1.807) is 18.2 Å². The van der Waals surface area contributed by atoms with Gasteiger partial charge in [0.05, 0.1) is 5.69 Å². The minimum Gasteiger partial charge on any atom is -0.398 e. The van der Waals surface area contributed by atoms with Crippen LogP contribution in [0.3, 0.4) is 0 Å². The predicted molar refractivity (Wildman–Crippen MR) is 73.9 cm³/mol. The van der Waals surface area contributed by atoms with Crippen molar-refractivity contribution in [3.05, 3.63) is 45.8 Å². The summed E-state index contributed by atoms with van der Waals surface area (Å²) in [6.07, 6.45) is 0. The van der Waals surface area contributed by atoms with Crippen molar-refractivity contribution < 1.29 is 0 Å². The summed E-state index contributed by atoms with van der Waals surface area (Å²) in [5, 5.41) is 2.99. The molecular formula is C12H10BrN3O. The van der Waals surface area contributed by atoms with Gasteiger partial charge in [-0.25, -0.2) is 0 Å². The van der Waals surface area contributed by atoms with Crippen LogP contribution in [0.4, 0.5) is 17.1 Å². The molecule has 0 spiro atoms. The summed E-state index contributed by atoms with van der Waals surface area (Å²) in [7, 11) is 0. The third-order valence-electron chi connectivity index (χ3n) is 2.51. The average Bonchev–Trinajstić information content (AvgIpc) is 2.33. The summed E-state index contributed by atoms with van der Waals surface area (Å²) < 4.78 is 0.644. The number of benzene rings is 2. The molecular weight excluding hydrogens is 282 g/mol. The zero-order valence-electron chi connectivity index (χ0n) is 8.85. The molecule has 2 rings (SSSR count). The van der Waals surface area contributed by atoms with E-state index in [1.807, 2.05) is 18.2 Å².